The van der Waals surface area contributed by atoms with Crippen LogP contribution in [0.2, 0.25) is 0 Å². The number of amides is 1. The van der Waals surface area contributed by atoms with Gasteiger partial charge in [-0.1, -0.05) is 12.2 Å². The molecule has 5 heteroatoms. The minimum atomic E-state index is -0.844. The Morgan fingerprint density at radius 3 is 2.65 bits per heavy atom. The summed E-state index contributed by atoms with van der Waals surface area (Å²) in [5.41, 5.74) is 0. The summed E-state index contributed by atoms with van der Waals surface area (Å²) < 4.78 is 5.46. The molecule has 0 aromatic carbocycles. The molecule has 1 fully saturated rings. The van der Waals surface area contributed by atoms with Gasteiger partial charge in [0.15, 0.2) is 0 Å². The number of carboxylic acid groups (broad SMARTS) is 1. The number of nitrogens with one attached hydrogen (secondary N) is 1. The summed E-state index contributed by atoms with van der Waals surface area (Å²) in [5, 5.41) is 11.6. The molecule has 2 rings (SSSR count). The van der Waals surface area contributed by atoms with Crippen LogP contribution < -0.4 is 5.32 Å². The molecule has 5 nitrogen and oxygen atoms in total. The topological polar surface area (TPSA) is 75.6 Å². The van der Waals surface area contributed by atoms with Crippen molar-refractivity contribution in [3.63, 3.8) is 0 Å². The van der Waals surface area contributed by atoms with E-state index < -0.39 is 11.9 Å². The average molecular weight is 239 g/mol. The van der Waals surface area contributed by atoms with Crippen molar-refractivity contribution in [1.29, 1.82) is 0 Å². The van der Waals surface area contributed by atoms with Crippen LogP contribution in [0.3, 0.4) is 0 Å². The van der Waals surface area contributed by atoms with Crippen molar-refractivity contribution in [2.45, 2.75) is 44.4 Å². The summed E-state index contributed by atoms with van der Waals surface area (Å²) in [6.45, 7) is 1.95. The third-order valence-electron chi connectivity index (χ3n) is 3.25. The van der Waals surface area contributed by atoms with Crippen molar-refractivity contribution < 1.29 is 19.4 Å². The first kappa shape index (κ1) is 12.1. The molecule has 0 saturated carbocycles. The van der Waals surface area contributed by atoms with Gasteiger partial charge in [-0.25, -0.2) is 0 Å². The van der Waals surface area contributed by atoms with Gasteiger partial charge in [-0.2, -0.15) is 0 Å². The summed E-state index contributed by atoms with van der Waals surface area (Å²) in [5.74, 6) is -1.46. The minimum absolute atomic E-state index is 0.130. The SMILES string of the molecule is CC1CCC(C(=O)NC2C=CC(C(=O)O)C2)O1. The Bertz CT molecular complexity index is 352. The van der Waals surface area contributed by atoms with Crippen molar-refractivity contribution >= 4 is 11.9 Å². The molecule has 0 aromatic heterocycles. The number of rotatable bonds is 3. The van der Waals surface area contributed by atoms with Gasteiger partial charge in [0.25, 0.3) is 0 Å². The van der Waals surface area contributed by atoms with Gasteiger partial charge in [0.2, 0.25) is 5.91 Å². The van der Waals surface area contributed by atoms with Crippen LogP contribution in [0.25, 0.3) is 0 Å². The van der Waals surface area contributed by atoms with E-state index in [0.29, 0.717) is 6.42 Å². The van der Waals surface area contributed by atoms with E-state index in [-0.39, 0.29) is 24.2 Å². The zero-order chi connectivity index (χ0) is 12.4. The number of carboxylic acids is 1. The summed E-state index contributed by atoms with van der Waals surface area (Å²) in [7, 11) is 0. The van der Waals surface area contributed by atoms with E-state index in [4.69, 9.17) is 9.84 Å². The second-order valence-corrected chi connectivity index (χ2v) is 4.69. The van der Waals surface area contributed by atoms with Gasteiger partial charge in [-0.05, 0) is 26.2 Å². The third kappa shape index (κ3) is 2.85. The van der Waals surface area contributed by atoms with Crippen LogP contribution in [-0.2, 0) is 14.3 Å². The van der Waals surface area contributed by atoms with Crippen molar-refractivity contribution in [2.75, 3.05) is 0 Å². The lowest BCUT2D eigenvalue weighted by Crippen LogP contribution is -2.40. The molecule has 4 unspecified atom stereocenters. The molecule has 1 heterocycles. The lowest BCUT2D eigenvalue weighted by Gasteiger charge is -2.16. The maximum atomic E-state index is 11.8. The molecule has 94 valence electrons. The number of carbonyl (C=O) groups is 2. The monoisotopic (exact) mass is 239 g/mol. The highest BCUT2D eigenvalue weighted by atomic mass is 16.5. The number of aliphatic carboxylic acids is 1. The smallest absolute Gasteiger partial charge is 0.310 e. The highest BCUT2D eigenvalue weighted by molar-refractivity contribution is 5.82. The third-order valence-corrected chi connectivity index (χ3v) is 3.25. The van der Waals surface area contributed by atoms with E-state index in [1.807, 2.05) is 6.92 Å². The molecular formula is C12H17NO4. The van der Waals surface area contributed by atoms with Crippen LogP contribution >= 0.6 is 0 Å². The fraction of sp³-hybridized carbons (Fsp3) is 0.667. The number of carbonyl (C=O) groups excluding carboxylic acids is 1. The highest BCUT2D eigenvalue weighted by Gasteiger charge is 2.31. The lowest BCUT2D eigenvalue weighted by atomic mass is 10.1. The molecule has 2 N–H and O–H groups in total. The first-order valence-electron chi connectivity index (χ1n) is 5.93. The van der Waals surface area contributed by atoms with Crippen LogP contribution in [0.5, 0.6) is 0 Å². The number of ether oxygens (including phenoxy) is 1. The Hall–Kier alpha value is -1.36. The van der Waals surface area contributed by atoms with Gasteiger partial charge >= 0.3 is 5.97 Å². The van der Waals surface area contributed by atoms with E-state index in [1.54, 1.807) is 12.2 Å². The minimum Gasteiger partial charge on any atom is -0.481 e. The molecular weight excluding hydrogens is 222 g/mol. The quantitative estimate of drug-likeness (QED) is 0.711. The Kier molecular flexibility index (Phi) is 3.47. The molecule has 0 spiro atoms. The molecule has 2 aliphatic rings. The Balaban J connectivity index is 1.81. The Morgan fingerprint density at radius 2 is 2.12 bits per heavy atom. The van der Waals surface area contributed by atoms with Crippen LogP contribution in [0, 0.1) is 5.92 Å². The average Bonchev–Trinajstić information content (AvgIpc) is 2.86. The van der Waals surface area contributed by atoms with E-state index in [0.717, 1.165) is 12.8 Å². The predicted octanol–water partition coefficient (Wildman–Crippen LogP) is 0.699. The van der Waals surface area contributed by atoms with Gasteiger partial charge in [0.05, 0.1) is 12.0 Å². The van der Waals surface area contributed by atoms with E-state index in [2.05, 4.69) is 5.32 Å². The molecule has 0 aromatic rings. The molecule has 1 amide bonds. The maximum Gasteiger partial charge on any atom is 0.310 e. The Morgan fingerprint density at radius 1 is 1.35 bits per heavy atom. The molecule has 0 radical (unpaired) electrons. The fourth-order valence-corrected chi connectivity index (χ4v) is 2.26. The van der Waals surface area contributed by atoms with Crippen LogP contribution in [-0.4, -0.2) is 35.2 Å². The normalized spacial score (nSPS) is 36.1. The molecule has 17 heavy (non-hydrogen) atoms. The van der Waals surface area contributed by atoms with E-state index >= 15 is 0 Å². The van der Waals surface area contributed by atoms with E-state index in [9.17, 15) is 9.59 Å². The Labute approximate surface area is 99.8 Å². The van der Waals surface area contributed by atoms with Crippen molar-refractivity contribution in [2.24, 2.45) is 5.92 Å². The summed E-state index contributed by atoms with van der Waals surface area (Å²) >= 11 is 0. The predicted molar refractivity (Wildman–Crippen MR) is 60.4 cm³/mol. The van der Waals surface area contributed by atoms with Gasteiger partial charge in [0.1, 0.15) is 6.10 Å². The van der Waals surface area contributed by atoms with E-state index in [1.165, 1.54) is 0 Å². The largest absolute Gasteiger partial charge is 0.481 e. The van der Waals surface area contributed by atoms with Crippen molar-refractivity contribution in [1.82, 2.24) is 5.32 Å². The zero-order valence-electron chi connectivity index (χ0n) is 9.76. The molecule has 4 atom stereocenters. The maximum absolute atomic E-state index is 11.8. The van der Waals surface area contributed by atoms with Gasteiger partial charge in [0, 0.05) is 6.04 Å². The molecule has 1 saturated heterocycles. The van der Waals surface area contributed by atoms with Gasteiger partial charge < -0.3 is 15.2 Å². The fourth-order valence-electron chi connectivity index (χ4n) is 2.26. The van der Waals surface area contributed by atoms with Gasteiger partial charge in [-0.15, -0.1) is 0 Å². The second-order valence-electron chi connectivity index (χ2n) is 4.69. The summed E-state index contributed by atoms with van der Waals surface area (Å²) in [6.07, 6.45) is 5.21. The highest BCUT2D eigenvalue weighted by Crippen LogP contribution is 2.21. The van der Waals surface area contributed by atoms with Crippen LogP contribution in [0.15, 0.2) is 12.2 Å². The first-order chi connectivity index (χ1) is 8.06. The van der Waals surface area contributed by atoms with Crippen LogP contribution in [0.1, 0.15) is 26.2 Å². The van der Waals surface area contributed by atoms with Gasteiger partial charge in [-0.3, -0.25) is 9.59 Å². The number of hydrogen-bond acceptors (Lipinski definition) is 3. The molecule has 0 bridgehead atoms. The molecule has 1 aliphatic carbocycles. The second kappa shape index (κ2) is 4.87. The summed E-state index contributed by atoms with van der Waals surface area (Å²) in [4.78, 5) is 22.5. The first-order valence-corrected chi connectivity index (χ1v) is 5.93. The van der Waals surface area contributed by atoms with Crippen molar-refractivity contribution in [3.05, 3.63) is 12.2 Å². The summed E-state index contributed by atoms with van der Waals surface area (Å²) in [6, 6.07) is -0.178. The van der Waals surface area contributed by atoms with Crippen molar-refractivity contribution in [3.8, 4) is 0 Å². The molecule has 1 aliphatic heterocycles. The lowest BCUT2D eigenvalue weighted by molar-refractivity contribution is -0.140. The zero-order valence-corrected chi connectivity index (χ0v) is 9.76. The standard InChI is InChI=1S/C12H17NO4/c1-7-2-5-10(17-7)11(14)13-9-4-3-8(6-9)12(15)16/h3-4,7-10H,2,5-6H2,1H3,(H,13,14)(H,15,16). The van der Waals surface area contributed by atoms with Crippen LogP contribution in [0.4, 0.5) is 0 Å². The number of hydrogen-bond donors (Lipinski definition) is 2.